The highest BCUT2D eigenvalue weighted by Gasteiger charge is 2.57. The van der Waals surface area contributed by atoms with E-state index in [1.165, 1.54) is 19.1 Å². The van der Waals surface area contributed by atoms with Crippen molar-refractivity contribution < 1.29 is 66.5 Å². The number of hydrogen-bond acceptors (Lipinski definition) is 17. The van der Waals surface area contributed by atoms with Gasteiger partial charge in [0.1, 0.15) is 49.3 Å². The molecule has 0 amide bonds. The van der Waals surface area contributed by atoms with Crippen LogP contribution in [0.4, 0.5) is 0 Å². The van der Waals surface area contributed by atoms with E-state index in [4.69, 9.17) is 52.1 Å². The average molecular weight is 996 g/mol. The zero-order valence-electron chi connectivity index (χ0n) is 39.6. The summed E-state index contributed by atoms with van der Waals surface area (Å²) in [6.07, 6.45) is -4.73. The summed E-state index contributed by atoms with van der Waals surface area (Å²) < 4.78 is 70.3. The minimum absolute atomic E-state index is 0.0115. The first kappa shape index (κ1) is 52.0. The Labute approximate surface area is 414 Å². The summed E-state index contributed by atoms with van der Waals surface area (Å²) in [4.78, 5) is 50.3. The number of carbonyl (C=O) groups is 3. The molecular formula is C49H57N9O14. The minimum Gasteiger partial charge on any atom is -0.459 e. The molecule has 3 aliphatic heterocycles. The third-order valence-corrected chi connectivity index (χ3v) is 13.2. The van der Waals surface area contributed by atoms with Crippen LogP contribution in [0.5, 0.6) is 0 Å². The molecule has 3 aromatic carbocycles. The predicted molar refractivity (Wildman–Crippen MR) is 250 cm³/mol. The van der Waals surface area contributed by atoms with Crippen LogP contribution in [0.1, 0.15) is 95.8 Å². The molecule has 5 fully saturated rings. The number of azide groups is 3. The van der Waals surface area contributed by atoms with Gasteiger partial charge in [0.25, 0.3) is 0 Å². The number of rotatable bonds is 17. The number of esters is 3. The highest BCUT2D eigenvalue weighted by atomic mass is 16.9. The molecule has 3 saturated heterocycles. The fraction of sp³-hybridized carbons (Fsp3) is 0.571. The van der Waals surface area contributed by atoms with Gasteiger partial charge in [0, 0.05) is 40.8 Å². The molecule has 1 spiro atoms. The van der Waals surface area contributed by atoms with Crippen molar-refractivity contribution in [2.75, 3.05) is 26.4 Å². The first-order valence-corrected chi connectivity index (χ1v) is 24.2. The molecule has 13 atom stereocenters. The zero-order valence-corrected chi connectivity index (χ0v) is 39.6. The maximum Gasteiger partial charge on any atom is 0.342 e. The Morgan fingerprint density at radius 1 is 0.681 bits per heavy atom. The standard InChI is InChI=1S/C49H57N9O14/c1-30(66-45(60)32-19-9-3-10-20-32)36(28-64-44(59)31-17-7-2-8-18-31)68-48(71-46(61)33-21-11-4-12-22-33)70-42-38(55-58-52)47(67-37-29-65-49(72-41(37)42)23-13-5-14-24-49)69-40-35(54-57-51)27-34(53-56-50)39-43(40)63-26-16-6-15-25-62-39/h2-4,7-12,17-22,30,34-43,47-48H,5-6,13-16,23-29H2,1H3/t30-,34-,35?,36-,37?,38?,39-,40-,41-,42-,43?,47-,48?/m1/s1. The van der Waals surface area contributed by atoms with Gasteiger partial charge >= 0.3 is 24.4 Å². The third kappa shape index (κ3) is 13.0. The van der Waals surface area contributed by atoms with Crippen molar-refractivity contribution in [3.05, 3.63) is 139 Å². The van der Waals surface area contributed by atoms with Crippen LogP contribution in [0.25, 0.3) is 31.3 Å². The Balaban J connectivity index is 1.17. The SMILES string of the molecule is C[C@@H](OC(=O)c1ccccc1)[C@@H](COC(=O)c1ccccc1)OC(OC(=O)c1ccccc1)O[C@@H]1C(N=[N+]=[N-])[C@@H](O[C@@H]2C(N=[N+]=[N-])C[C@@H](N=[N+]=[N-])[C@H]3OCCCCCOC23)OC2COC3(CCCCC3)O[C@H]21. The van der Waals surface area contributed by atoms with Crippen molar-refractivity contribution in [3.8, 4) is 0 Å². The monoisotopic (exact) mass is 995 g/mol. The Kier molecular flexibility index (Phi) is 18.3. The normalized spacial score (nSPS) is 29.1. The summed E-state index contributed by atoms with van der Waals surface area (Å²) in [5.74, 6) is -3.43. The van der Waals surface area contributed by atoms with Crippen LogP contribution >= 0.6 is 0 Å². The van der Waals surface area contributed by atoms with Gasteiger partial charge in [-0.3, -0.25) is 0 Å². The molecule has 2 aliphatic carbocycles. The van der Waals surface area contributed by atoms with Crippen molar-refractivity contribution in [3.63, 3.8) is 0 Å². The van der Waals surface area contributed by atoms with Gasteiger partial charge in [0.05, 0.1) is 47.6 Å². The molecule has 3 heterocycles. The van der Waals surface area contributed by atoms with Gasteiger partial charge < -0.3 is 52.1 Å². The van der Waals surface area contributed by atoms with E-state index in [1.807, 2.05) is 0 Å². The molecule has 0 N–H and O–H groups in total. The Hall–Kier alpha value is -6.32. The summed E-state index contributed by atoms with van der Waals surface area (Å²) in [7, 11) is 0. The minimum atomic E-state index is -2.03. The molecule has 5 unspecified atom stereocenters. The lowest BCUT2D eigenvalue weighted by Crippen LogP contribution is -2.68. The molecule has 0 bridgehead atoms. The number of fused-ring (bicyclic) bond motifs is 2. The van der Waals surface area contributed by atoms with Crippen LogP contribution in [0, 0.1) is 0 Å². The molecule has 2 saturated carbocycles. The van der Waals surface area contributed by atoms with Crippen LogP contribution < -0.4 is 0 Å². The molecule has 23 heteroatoms. The molecule has 23 nitrogen and oxygen atoms in total. The molecule has 3 aromatic rings. The summed E-state index contributed by atoms with van der Waals surface area (Å²) in [6, 6.07) is 21.1. The van der Waals surface area contributed by atoms with E-state index in [9.17, 15) is 31.0 Å². The smallest absolute Gasteiger partial charge is 0.342 e. The molecule has 0 aromatic heterocycles. The molecule has 8 rings (SSSR count). The van der Waals surface area contributed by atoms with Crippen molar-refractivity contribution >= 4 is 17.9 Å². The van der Waals surface area contributed by atoms with Crippen molar-refractivity contribution in [1.29, 1.82) is 0 Å². The number of carbonyl (C=O) groups excluding carboxylic acids is 3. The van der Waals surface area contributed by atoms with Gasteiger partial charge in [-0.15, -0.1) is 0 Å². The topological polar surface area (TPSA) is 299 Å². The van der Waals surface area contributed by atoms with Gasteiger partial charge in [-0.05, 0) is 98.4 Å². The number of hydrogen-bond donors (Lipinski definition) is 0. The summed E-state index contributed by atoms with van der Waals surface area (Å²) in [6.45, 7) is -0.496. The summed E-state index contributed by atoms with van der Waals surface area (Å²) in [5, 5.41) is 12.2. The van der Waals surface area contributed by atoms with Gasteiger partial charge in [-0.25, -0.2) is 14.4 Å². The lowest BCUT2D eigenvalue weighted by Gasteiger charge is -2.54. The first-order valence-electron chi connectivity index (χ1n) is 24.2. The van der Waals surface area contributed by atoms with E-state index in [2.05, 4.69) is 30.1 Å². The lowest BCUT2D eigenvalue weighted by molar-refractivity contribution is -0.410. The van der Waals surface area contributed by atoms with E-state index < -0.39 is 110 Å². The molecule has 5 aliphatic rings. The molecule has 382 valence electrons. The Morgan fingerprint density at radius 3 is 1.88 bits per heavy atom. The van der Waals surface area contributed by atoms with Crippen LogP contribution in [-0.2, 0) is 52.1 Å². The predicted octanol–water partition coefficient (Wildman–Crippen LogP) is 8.58. The largest absolute Gasteiger partial charge is 0.459 e. The second-order valence-corrected chi connectivity index (χ2v) is 18.0. The second-order valence-electron chi connectivity index (χ2n) is 18.0. The van der Waals surface area contributed by atoms with Crippen molar-refractivity contribution in [2.45, 2.75) is 150 Å². The van der Waals surface area contributed by atoms with E-state index in [0.717, 1.165) is 32.1 Å². The van der Waals surface area contributed by atoms with E-state index in [0.29, 0.717) is 25.9 Å². The van der Waals surface area contributed by atoms with Crippen LogP contribution in [0.3, 0.4) is 0 Å². The Bertz CT molecular complexity index is 2420. The van der Waals surface area contributed by atoms with E-state index in [1.54, 1.807) is 78.9 Å². The quantitative estimate of drug-likeness (QED) is 0.0305. The van der Waals surface area contributed by atoms with Gasteiger partial charge in [-0.1, -0.05) is 76.4 Å². The fourth-order valence-corrected chi connectivity index (χ4v) is 9.60. The van der Waals surface area contributed by atoms with Crippen LogP contribution in [-0.4, -0.2) is 130 Å². The lowest BCUT2D eigenvalue weighted by atomic mass is 9.84. The van der Waals surface area contributed by atoms with Crippen molar-refractivity contribution in [1.82, 2.24) is 0 Å². The van der Waals surface area contributed by atoms with E-state index in [-0.39, 0.29) is 36.3 Å². The molecular weight excluding hydrogens is 939 g/mol. The number of ether oxygens (including phenoxy) is 11. The number of nitrogens with zero attached hydrogens (tertiary/aromatic N) is 9. The van der Waals surface area contributed by atoms with Gasteiger partial charge in [-0.2, -0.15) is 0 Å². The van der Waals surface area contributed by atoms with Gasteiger partial charge in [0.15, 0.2) is 12.1 Å². The summed E-state index contributed by atoms with van der Waals surface area (Å²) >= 11 is 0. The van der Waals surface area contributed by atoms with Gasteiger partial charge in [0.2, 0.25) is 0 Å². The zero-order chi connectivity index (χ0) is 50.3. The second kappa shape index (κ2) is 25.4. The maximum atomic E-state index is 14.1. The number of benzene rings is 3. The first-order chi connectivity index (χ1) is 35.2. The maximum absolute atomic E-state index is 14.1. The highest BCUT2D eigenvalue weighted by Crippen LogP contribution is 2.44. The Morgan fingerprint density at radius 2 is 1.25 bits per heavy atom. The average Bonchev–Trinajstić information content (AvgIpc) is 3.53. The van der Waals surface area contributed by atoms with Crippen molar-refractivity contribution in [2.24, 2.45) is 15.3 Å². The molecule has 72 heavy (non-hydrogen) atoms. The molecule has 0 radical (unpaired) electrons. The third-order valence-electron chi connectivity index (χ3n) is 13.2. The van der Waals surface area contributed by atoms with Crippen LogP contribution in [0.15, 0.2) is 106 Å². The van der Waals surface area contributed by atoms with E-state index >= 15 is 0 Å². The fourth-order valence-electron chi connectivity index (χ4n) is 9.60. The summed E-state index contributed by atoms with van der Waals surface area (Å²) in [5.41, 5.74) is 30.3. The van der Waals surface area contributed by atoms with Crippen LogP contribution in [0.2, 0.25) is 0 Å². The highest BCUT2D eigenvalue weighted by molar-refractivity contribution is 5.90.